The third kappa shape index (κ3) is 5.31. The molecular weight excluding hydrogens is 691 g/mol. The topological polar surface area (TPSA) is 43.2 Å². The molecule has 0 fully saturated rings. The van der Waals surface area contributed by atoms with E-state index in [0.717, 1.165) is 40.5 Å². The fraction of sp³-hybridized carbons (Fsp3) is 0.125. The van der Waals surface area contributed by atoms with Crippen molar-refractivity contribution in [2.45, 2.75) is 0 Å². The van der Waals surface area contributed by atoms with Crippen molar-refractivity contribution in [1.29, 1.82) is 0 Å². The van der Waals surface area contributed by atoms with Crippen LogP contribution < -0.4 is 6.15 Å². The first-order chi connectivity index (χ1) is 12.0. The first kappa shape index (κ1) is 19.8. The number of nitrogens with zero attached hydrogens (tertiary/aromatic N) is 2. The molecule has 4 nitrogen and oxygen atoms in total. The molecule has 128 valence electrons. The van der Waals surface area contributed by atoms with E-state index in [1.807, 2.05) is 36.7 Å². The van der Waals surface area contributed by atoms with E-state index in [9.17, 15) is 0 Å². The quantitative estimate of drug-likeness (QED) is 0.337. The minimum absolute atomic E-state index is 0.603. The van der Waals surface area contributed by atoms with Crippen molar-refractivity contribution in [1.82, 2.24) is 0 Å². The number of fused-ring (bicyclic) bond motifs is 2. The Hall–Kier alpha value is 0.0987. The molecule has 9 heteroatoms. The summed E-state index contributed by atoms with van der Waals surface area (Å²) < 4.78 is 15.7. The molecular formula is C16H10Br4N2O2Sn. The van der Waals surface area contributed by atoms with Crippen molar-refractivity contribution < 1.29 is 6.15 Å². The number of hydrogen-bond acceptors (Lipinski definition) is 4. The normalized spacial score (nSPS) is 14.2. The fourth-order valence-corrected chi connectivity index (χ4v) is 7.54. The van der Waals surface area contributed by atoms with Crippen LogP contribution in [-0.2, 0) is 0 Å². The number of benzene rings is 2. The van der Waals surface area contributed by atoms with E-state index >= 15 is 0 Å². The fourth-order valence-electron chi connectivity index (χ4n) is 2.11. The molecule has 1 aliphatic heterocycles. The summed E-state index contributed by atoms with van der Waals surface area (Å²) in [5, 5.41) is 0. The van der Waals surface area contributed by atoms with E-state index in [1.165, 1.54) is 0 Å². The number of rotatable bonds is 0. The van der Waals surface area contributed by atoms with Gasteiger partial charge in [0.1, 0.15) is 0 Å². The van der Waals surface area contributed by atoms with Crippen LogP contribution in [0.3, 0.4) is 0 Å². The summed E-state index contributed by atoms with van der Waals surface area (Å²) in [4.78, 5) is 8.90. The third-order valence-electron chi connectivity index (χ3n) is 3.18. The molecule has 0 atom stereocenters. The molecule has 0 aliphatic carbocycles. The van der Waals surface area contributed by atoms with Crippen LogP contribution in [0.25, 0.3) is 0 Å². The average Bonchev–Trinajstić information content (AvgIpc) is 2.55. The average molecular weight is 701 g/mol. The minimum atomic E-state index is -1.63. The number of hydrogen-bond donors (Lipinski definition) is 0. The zero-order valence-corrected chi connectivity index (χ0v) is 21.8. The molecule has 1 heterocycles. The van der Waals surface area contributed by atoms with Crippen molar-refractivity contribution in [3.63, 3.8) is 0 Å². The molecule has 0 saturated heterocycles. The van der Waals surface area contributed by atoms with Gasteiger partial charge in [0.2, 0.25) is 0 Å². The second-order valence-corrected chi connectivity index (χ2v) is 10.2. The summed E-state index contributed by atoms with van der Waals surface area (Å²) in [6.07, 6.45) is 3.63. The first-order valence-electron chi connectivity index (χ1n) is 7.11. The summed E-state index contributed by atoms with van der Waals surface area (Å²) in [5.41, 5.74) is 1.81. The van der Waals surface area contributed by atoms with Gasteiger partial charge in [0.15, 0.2) is 0 Å². The predicted octanol–water partition coefficient (Wildman–Crippen LogP) is 5.58. The van der Waals surface area contributed by atoms with Gasteiger partial charge in [-0.05, 0) is 0 Å². The molecule has 0 saturated carbocycles. The van der Waals surface area contributed by atoms with E-state index in [-0.39, 0.29) is 0 Å². The van der Waals surface area contributed by atoms with Crippen molar-refractivity contribution in [2.24, 2.45) is 9.98 Å². The number of aliphatic imine (C=N–C) groups is 2. The van der Waals surface area contributed by atoms with Gasteiger partial charge >= 0.3 is 192 Å². The molecule has 0 amide bonds. The molecule has 0 bridgehead atoms. The van der Waals surface area contributed by atoms with E-state index < -0.39 is 22.0 Å². The molecule has 0 aromatic heterocycles. The summed E-state index contributed by atoms with van der Waals surface area (Å²) in [7, 11) is 0. The van der Waals surface area contributed by atoms with Crippen LogP contribution in [0.15, 0.2) is 52.1 Å². The van der Waals surface area contributed by atoms with E-state index in [0.29, 0.717) is 13.1 Å². The second kappa shape index (κ2) is 9.34. The summed E-state index contributed by atoms with van der Waals surface area (Å²) in [6, 6.07) is 7.86. The first-order valence-corrected chi connectivity index (χ1v) is 12.6. The monoisotopic (exact) mass is 698 g/mol. The molecule has 1 aliphatic rings. The van der Waals surface area contributed by atoms with Gasteiger partial charge in [0.05, 0.1) is 0 Å². The molecule has 25 heavy (non-hydrogen) atoms. The Kier molecular flexibility index (Phi) is 7.42. The van der Waals surface area contributed by atoms with Crippen LogP contribution in [0.2, 0.25) is 0 Å². The Morgan fingerprint density at radius 3 is 1.60 bits per heavy atom. The van der Waals surface area contributed by atoms with Crippen LogP contribution >= 0.6 is 63.7 Å². The SMILES string of the molecule is Brc1cc(Br)c2c(c1)C=NCCN=Cc1cc(Br)cc(Br)c1[O][Sn][O]2. The number of halogens is 4. The maximum atomic E-state index is 6.04. The summed E-state index contributed by atoms with van der Waals surface area (Å²) in [6.45, 7) is 1.21. The molecule has 0 unspecified atom stereocenters. The van der Waals surface area contributed by atoms with E-state index in [4.69, 9.17) is 6.15 Å². The van der Waals surface area contributed by atoms with Crippen LogP contribution in [0.5, 0.6) is 11.5 Å². The Balaban J connectivity index is 1.97. The summed E-state index contributed by atoms with van der Waals surface area (Å²) in [5.74, 6) is 1.52. The van der Waals surface area contributed by atoms with Gasteiger partial charge in [-0.15, -0.1) is 0 Å². The standard InChI is InChI=1S/C16H12Br4N2O2.Sn/c17-11-3-9(15(23)13(19)5-11)7-21-1-2-22-8-10-4-12(18)6-14(20)16(10)24;/h3-8,23-24H,1-2H2;/q;+2/p-2. The zero-order chi connectivity index (χ0) is 17.8. The molecule has 2 aromatic carbocycles. The Morgan fingerprint density at radius 1 is 0.720 bits per heavy atom. The van der Waals surface area contributed by atoms with Gasteiger partial charge in [0.25, 0.3) is 0 Å². The predicted molar refractivity (Wildman–Crippen MR) is 116 cm³/mol. The zero-order valence-electron chi connectivity index (χ0n) is 12.6. The van der Waals surface area contributed by atoms with Crippen molar-refractivity contribution in [3.05, 3.63) is 53.3 Å². The van der Waals surface area contributed by atoms with Crippen molar-refractivity contribution in [2.75, 3.05) is 13.1 Å². The Bertz CT molecular complexity index is 789. The summed E-state index contributed by atoms with van der Waals surface area (Å²) >= 11 is 12.5. The van der Waals surface area contributed by atoms with Crippen molar-refractivity contribution >= 4 is 98.1 Å². The van der Waals surface area contributed by atoms with Crippen LogP contribution in [0.4, 0.5) is 0 Å². The van der Waals surface area contributed by atoms with Crippen molar-refractivity contribution in [3.8, 4) is 11.5 Å². The molecule has 2 radical (unpaired) electrons. The van der Waals surface area contributed by atoms with Crippen LogP contribution in [0.1, 0.15) is 11.1 Å². The van der Waals surface area contributed by atoms with E-state index in [1.54, 1.807) is 0 Å². The second-order valence-electron chi connectivity index (χ2n) is 4.97. The van der Waals surface area contributed by atoms with Gasteiger partial charge in [-0.3, -0.25) is 0 Å². The van der Waals surface area contributed by atoms with Gasteiger partial charge in [-0.1, -0.05) is 0 Å². The van der Waals surface area contributed by atoms with Gasteiger partial charge in [0, 0.05) is 0 Å². The van der Waals surface area contributed by atoms with E-state index in [2.05, 4.69) is 73.7 Å². The Labute approximate surface area is 190 Å². The maximum absolute atomic E-state index is 6.04. The molecule has 0 N–H and O–H groups in total. The molecule has 2 aromatic rings. The van der Waals surface area contributed by atoms with Gasteiger partial charge in [-0.2, -0.15) is 0 Å². The third-order valence-corrected chi connectivity index (χ3v) is 6.92. The van der Waals surface area contributed by atoms with Crippen LogP contribution in [-0.4, -0.2) is 47.5 Å². The Morgan fingerprint density at radius 2 is 1.16 bits per heavy atom. The van der Waals surface area contributed by atoms with Crippen LogP contribution in [0, 0.1) is 0 Å². The molecule has 3 rings (SSSR count). The molecule has 0 spiro atoms. The van der Waals surface area contributed by atoms with Gasteiger partial charge < -0.3 is 0 Å². The van der Waals surface area contributed by atoms with Gasteiger partial charge in [-0.25, -0.2) is 0 Å².